The molecule has 0 atom stereocenters. The number of imidazole rings is 1. The first-order valence-corrected chi connectivity index (χ1v) is 5.45. The summed E-state index contributed by atoms with van der Waals surface area (Å²) in [6.07, 6.45) is 5.49. The standard InChI is InChI=1S/C14H11N3/c1-2-6-12(7-3-1)14-16-10-11-17(14)13-8-4-5-9-15-13/h1-11H. The van der Waals surface area contributed by atoms with Gasteiger partial charge in [-0.05, 0) is 12.1 Å². The highest BCUT2D eigenvalue weighted by atomic mass is 15.1. The molecule has 0 fully saturated rings. The van der Waals surface area contributed by atoms with Crippen molar-refractivity contribution in [3.05, 3.63) is 67.1 Å². The predicted molar refractivity (Wildman–Crippen MR) is 66.8 cm³/mol. The molecule has 0 N–H and O–H groups in total. The van der Waals surface area contributed by atoms with E-state index in [4.69, 9.17) is 0 Å². The molecule has 0 unspecified atom stereocenters. The van der Waals surface area contributed by atoms with Crippen LogP contribution in [0.2, 0.25) is 0 Å². The molecule has 3 aromatic rings. The SMILES string of the molecule is c1ccc(-c2nccn2-c2ccccn2)cc1. The van der Waals surface area contributed by atoms with Crippen LogP contribution < -0.4 is 0 Å². The van der Waals surface area contributed by atoms with Gasteiger partial charge in [0.15, 0.2) is 0 Å². The largest absolute Gasteiger partial charge is 0.284 e. The van der Waals surface area contributed by atoms with Crippen LogP contribution in [0.15, 0.2) is 67.1 Å². The Balaban J connectivity index is 2.13. The summed E-state index contributed by atoms with van der Waals surface area (Å²) in [4.78, 5) is 8.72. The van der Waals surface area contributed by atoms with Crippen LogP contribution in [0.3, 0.4) is 0 Å². The number of rotatable bonds is 2. The molecular weight excluding hydrogens is 210 g/mol. The third-order valence-electron chi connectivity index (χ3n) is 2.57. The molecule has 0 spiro atoms. The molecule has 0 saturated heterocycles. The molecule has 2 heterocycles. The summed E-state index contributed by atoms with van der Waals surface area (Å²) in [5.41, 5.74) is 1.09. The maximum atomic E-state index is 4.39. The van der Waals surface area contributed by atoms with Gasteiger partial charge in [-0.25, -0.2) is 9.97 Å². The van der Waals surface area contributed by atoms with Crippen LogP contribution in [-0.2, 0) is 0 Å². The van der Waals surface area contributed by atoms with E-state index in [0.717, 1.165) is 17.2 Å². The summed E-state index contributed by atoms with van der Waals surface area (Å²) in [6, 6.07) is 15.9. The van der Waals surface area contributed by atoms with Crippen molar-refractivity contribution in [1.82, 2.24) is 14.5 Å². The Bertz CT molecular complexity index is 546. The number of nitrogens with zero attached hydrogens (tertiary/aromatic N) is 3. The molecule has 0 aliphatic heterocycles. The van der Waals surface area contributed by atoms with Gasteiger partial charge in [-0.2, -0.15) is 0 Å². The zero-order valence-corrected chi connectivity index (χ0v) is 9.19. The summed E-state index contributed by atoms with van der Waals surface area (Å²) in [5.74, 6) is 1.79. The van der Waals surface area contributed by atoms with Crippen LogP contribution in [-0.4, -0.2) is 14.5 Å². The van der Waals surface area contributed by atoms with E-state index in [2.05, 4.69) is 9.97 Å². The van der Waals surface area contributed by atoms with Crippen molar-refractivity contribution in [2.75, 3.05) is 0 Å². The van der Waals surface area contributed by atoms with Gasteiger partial charge in [0.1, 0.15) is 11.6 Å². The van der Waals surface area contributed by atoms with Crippen LogP contribution in [0.5, 0.6) is 0 Å². The van der Waals surface area contributed by atoms with Gasteiger partial charge in [-0.1, -0.05) is 36.4 Å². The molecule has 3 nitrogen and oxygen atoms in total. The summed E-state index contributed by atoms with van der Waals surface area (Å²) in [7, 11) is 0. The Labute approximate surface area is 99.4 Å². The van der Waals surface area contributed by atoms with Crippen molar-refractivity contribution in [3.63, 3.8) is 0 Å². The molecule has 0 amide bonds. The van der Waals surface area contributed by atoms with Gasteiger partial charge in [0.05, 0.1) is 0 Å². The third kappa shape index (κ3) is 1.83. The highest BCUT2D eigenvalue weighted by molar-refractivity contribution is 5.57. The summed E-state index contributed by atoms with van der Waals surface area (Å²) in [6.45, 7) is 0. The van der Waals surface area contributed by atoms with Gasteiger partial charge in [0, 0.05) is 24.2 Å². The fourth-order valence-electron chi connectivity index (χ4n) is 1.79. The molecule has 1 aromatic carbocycles. The maximum Gasteiger partial charge on any atom is 0.145 e. The van der Waals surface area contributed by atoms with Crippen LogP contribution in [0.25, 0.3) is 17.2 Å². The lowest BCUT2D eigenvalue weighted by molar-refractivity contribution is 1.00. The van der Waals surface area contributed by atoms with Gasteiger partial charge in [-0.3, -0.25) is 4.57 Å². The second-order valence-corrected chi connectivity index (χ2v) is 3.67. The second kappa shape index (κ2) is 4.22. The molecule has 2 aromatic heterocycles. The molecule has 17 heavy (non-hydrogen) atoms. The highest BCUT2D eigenvalue weighted by Gasteiger charge is 2.06. The van der Waals surface area contributed by atoms with Crippen molar-refractivity contribution in [3.8, 4) is 17.2 Å². The maximum absolute atomic E-state index is 4.39. The van der Waals surface area contributed by atoms with E-state index in [1.807, 2.05) is 59.3 Å². The van der Waals surface area contributed by atoms with Gasteiger partial charge in [0.2, 0.25) is 0 Å². The molecule has 82 valence electrons. The Kier molecular flexibility index (Phi) is 2.43. The minimum absolute atomic E-state index is 0.879. The summed E-state index contributed by atoms with van der Waals surface area (Å²) in [5, 5.41) is 0. The zero-order chi connectivity index (χ0) is 11.5. The monoisotopic (exact) mass is 221 g/mol. The number of aromatic nitrogens is 3. The molecule has 3 rings (SSSR count). The Hall–Kier alpha value is -2.42. The van der Waals surface area contributed by atoms with E-state index in [0.29, 0.717) is 0 Å². The van der Waals surface area contributed by atoms with E-state index < -0.39 is 0 Å². The number of hydrogen-bond donors (Lipinski definition) is 0. The first-order chi connectivity index (χ1) is 8.45. The summed E-state index contributed by atoms with van der Waals surface area (Å²) < 4.78 is 1.98. The van der Waals surface area contributed by atoms with E-state index >= 15 is 0 Å². The Morgan fingerprint density at radius 2 is 1.59 bits per heavy atom. The molecule has 0 bridgehead atoms. The molecule has 0 aliphatic carbocycles. The van der Waals surface area contributed by atoms with Gasteiger partial charge in [0.25, 0.3) is 0 Å². The van der Waals surface area contributed by atoms with E-state index in [1.165, 1.54) is 0 Å². The smallest absolute Gasteiger partial charge is 0.145 e. The first kappa shape index (κ1) is 9.78. The first-order valence-electron chi connectivity index (χ1n) is 5.45. The quantitative estimate of drug-likeness (QED) is 0.666. The topological polar surface area (TPSA) is 30.7 Å². The average molecular weight is 221 g/mol. The lowest BCUT2D eigenvalue weighted by Gasteiger charge is -2.06. The minimum Gasteiger partial charge on any atom is -0.284 e. The third-order valence-corrected chi connectivity index (χ3v) is 2.57. The average Bonchev–Trinajstić information content (AvgIpc) is 2.90. The Morgan fingerprint density at radius 3 is 2.35 bits per heavy atom. The second-order valence-electron chi connectivity index (χ2n) is 3.67. The van der Waals surface area contributed by atoms with Crippen molar-refractivity contribution < 1.29 is 0 Å². The van der Waals surface area contributed by atoms with E-state index in [1.54, 1.807) is 12.4 Å². The lowest BCUT2D eigenvalue weighted by atomic mass is 10.2. The number of hydrogen-bond acceptors (Lipinski definition) is 2. The van der Waals surface area contributed by atoms with E-state index in [-0.39, 0.29) is 0 Å². The van der Waals surface area contributed by atoms with Crippen molar-refractivity contribution in [1.29, 1.82) is 0 Å². The van der Waals surface area contributed by atoms with Crippen molar-refractivity contribution >= 4 is 0 Å². The fraction of sp³-hybridized carbons (Fsp3) is 0. The van der Waals surface area contributed by atoms with Crippen molar-refractivity contribution in [2.24, 2.45) is 0 Å². The molecule has 0 aliphatic rings. The van der Waals surface area contributed by atoms with Crippen LogP contribution in [0.1, 0.15) is 0 Å². The summed E-state index contributed by atoms with van der Waals surface area (Å²) >= 11 is 0. The van der Waals surface area contributed by atoms with Crippen LogP contribution in [0, 0.1) is 0 Å². The molecule has 0 radical (unpaired) electrons. The normalized spacial score (nSPS) is 10.4. The zero-order valence-electron chi connectivity index (χ0n) is 9.19. The van der Waals surface area contributed by atoms with Gasteiger partial charge < -0.3 is 0 Å². The highest BCUT2D eigenvalue weighted by Crippen LogP contribution is 2.19. The molecule has 0 saturated carbocycles. The number of benzene rings is 1. The molecular formula is C14H11N3. The van der Waals surface area contributed by atoms with Gasteiger partial charge in [-0.15, -0.1) is 0 Å². The molecule has 3 heteroatoms. The van der Waals surface area contributed by atoms with Crippen LogP contribution in [0.4, 0.5) is 0 Å². The Morgan fingerprint density at radius 1 is 0.765 bits per heavy atom. The minimum atomic E-state index is 0.879. The number of pyridine rings is 1. The lowest BCUT2D eigenvalue weighted by Crippen LogP contribution is -1.98. The van der Waals surface area contributed by atoms with Gasteiger partial charge >= 0.3 is 0 Å². The van der Waals surface area contributed by atoms with E-state index in [9.17, 15) is 0 Å². The fourth-order valence-corrected chi connectivity index (χ4v) is 1.79. The van der Waals surface area contributed by atoms with Crippen molar-refractivity contribution in [2.45, 2.75) is 0 Å². The van der Waals surface area contributed by atoms with Crippen LogP contribution >= 0.6 is 0 Å². The predicted octanol–water partition coefficient (Wildman–Crippen LogP) is 2.93.